The summed E-state index contributed by atoms with van der Waals surface area (Å²) in [5.74, 6) is 2.39. The average Bonchev–Trinajstić information content (AvgIpc) is 2.93. The third-order valence-corrected chi connectivity index (χ3v) is 4.72. The Morgan fingerprint density at radius 3 is 2.88 bits per heavy atom. The van der Waals surface area contributed by atoms with Gasteiger partial charge in [-0.3, -0.25) is 4.79 Å². The molecule has 24 heavy (non-hydrogen) atoms. The average molecular weight is 379 g/mol. The molecule has 5 nitrogen and oxygen atoms in total. The quantitative estimate of drug-likeness (QED) is 0.683. The predicted octanol–water partition coefficient (Wildman–Crippen LogP) is 2.96. The maximum Gasteiger partial charge on any atom is 0.220 e. The van der Waals surface area contributed by atoms with Crippen LogP contribution >= 0.6 is 24.8 Å². The van der Waals surface area contributed by atoms with Crippen molar-refractivity contribution in [1.29, 1.82) is 0 Å². The molecule has 1 aromatic rings. The molecule has 1 fully saturated rings. The van der Waals surface area contributed by atoms with Crippen LogP contribution in [0, 0.1) is 18.8 Å². The molecule has 2 rings (SSSR count). The summed E-state index contributed by atoms with van der Waals surface area (Å²) in [4.78, 5) is 16.2. The standard InChI is InChI=1S/C17H30N4O.2ClH/c1-14(16-6-5-7-18-13-16)12-17(22)20-8-3-4-10-21-11-9-19-15(21)2;;/h9,11,14,16,18H,3-8,10,12-13H2,1-2H3,(H,20,22);2*1H. The molecule has 2 N–H and O–H groups in total. The van der Waals surface area contributed by atoms with Gasteiger partial charge in [-0.15, -0.1) is 24.8 Å². The number of hydrogen-bond donors (Lipinski definition) is 2. The number of rotatable bonds is 8. The molecule has 2 heterocycles. The second-order valence-electron chi connectivity index (χ2n) is 6.51. The highest BCUT2D eigenvalue weighted by atomic mass is 35.5. The van der Waals surface area contributed by atoms with Gasteiger partial charge in [-0.1, -0.05) is 6.92 Å². The van der Waals surface area contributed by atoms with Crippen molar-refractivity contribution in [3.8, 4) is 0 Å². The Hall–Kier alpha value is -0.780. The fourth-order valence-corrected chi connectivity index (χ4v) is 3.17. The molecule has 1 aliphatic heterocycles. The minimum absolute atomic E-state index is 0. The molecule has 1 aromatic heterocycles. The Bertz CT molecular complexity index is 461. The van der Waals surface area contributed by atoms with Crippen molar-refractivity contribution in [1.82, 2.24) is 20.2 Å². The first-order chi connectivity index (χ1) is 10.7. The summed E-state index contributed by atoms with van der Waals surface area (Å²) >= 11 is 0. The fraction of sp³-hybridized carbons (Fsp3) is 0.765. The number of carbonyl (C=O) groups excluding carboxylic acids is 1. The van der Waals surface area contributed by atoms with Gasteiger partial charge in [0.1, 0.15) is 5.82 Å². The Labute approximate surface area is 158 Å². The molecule has 0 saturated carbocycles. The summed E-state index contributed by atoms with van der Waals surface area (Å²) in [5.41, 5.74) is 0. The van der Waals surface area contributed by atoms with E-state index in [-0.39, 0.29) is 30.7 Å². The van der Waals surface area contributed by atoms with Crippen molar-refractivity contribution < 1.29 is 4.79 Å². The lowest BCUT2D eigenvalue weighted by Crippen LogP contribution is -2.35. The van der Waals surface area contributed by atoms with Crippen molar-refractivity contribution >= 4 is 30.7 Å². The van der Waals surface area contributed by atoms with Gasteiger partial charge in [0.15, 0.2) is 0 Å². The lowest BCUT2D eigenvalue weighted by atomic mass is 9.85. The second-order valence-corrected chi connectivity index (χ2v) is 6.51. The zero-order chi connectivity index (χ0) is 15.8. The Balaban J connectivity index is 0.00000264. The van der Waals surface area contributed by atoms with Crippen LogP contribution < -0.4 is 10.6 Å². The SMILES string of the molecule is Cc1nccn1CCCCNC(=O)CC(C)C1CCCNC1.Cl.Cl. The lowest BCUT2D eigenvalue weighted by Gasteiger charge is -2.28. The predicted molar refractivity (Wildman–Crippen MR) is 103 cm³/mol. The maximum absolute atomic E-state index is 12.0. The van der Waals surface area contributed by atoms with Crippen molar-refractivity contribution in [2.24, 2.45) is 11.8 Å². The molecular formula is C17H32Cl2N4O. The summed E-state index contributed by atoms with van der Waals surface area (Å²) in [7, 11) is 0. The number of aryl methyl sites for hydroxylation is 2. The van der Waals surface area contributed by atoms with E-state index >= 15 is 0 Å². The number of amides is 1. The largest absolute Gasteiger partial charge is 0.356 e. The number of piperidine rings is 1. The van der Waals surface area contributed by atoms with Crippen molar-refractivity contribution in [3.05, 3.63) is 18.2 Å². The van der Waals surface area contributed by atoms with E-state index in [0.717, 1.165) is 44.8 Å². The maximum atomic E-state index is 12.0. The molecule has 2 atom stereocenters. The lowest BCUT2D eigenvalue weighted by molar-refractivity contribution is -0.122. The van der Waals surface area contributed by atoms with Crippen LogP contribution in [0.5, 0.6) is 0 Å². The normalized spacial score (nSPS) is 18.2. The first-order valence-corrected chi connectivity index (χ1v) is 8.62. The van der Waals surface area contributed by atoms with E-state index in [1.165, 1.54) is 12.8 Å². The van der Waals surface area contributed by atoms with Gasteiger partial charge in [-0.05, 0) is 57.5 Å². The van der Waals surface area contributed by atoms with Gasteiger partial charge in [0.25, 0.3) is 0 Å². The molecule has 7 heteroatoms. The topological polar surface area (TPSA) is 59.0 Å². The minimum Gasteiger partial charge on any atom is -0.356 e. The Morgan fingerprint density at radius 1 is 1.46 bits per heavy atom. The number of nitrogens with zero attached hydrogens (tertiary/aromatic N) is 2. The number of carbonyl (C=O) groups is 1. The summed E-state index contributed by atoms with van der Waals surface area (Å²) in [6.45, 7) is 8.18. The van der Waals surface area contributed by atoms with Gasteiger partial charge in [0.2, 0.25) is 5.91 Å². The third kappa shape index (κ3) is 7.86. The highest BCUT2D eigenvalue weighted by Crippen LogP contribution is 2.22. The monoisotopic (exact) mass is 378 g/mol. The highest BCUT2D eigenvalue weighted by Gasteiger charge is 2.21. The second kappa shape index (κ2) is 12.6. The fourth-order valence-electron chi connectivity index (χ4n) is 3.17. The smallest absolute Gasteiger partial charge is 0.220 e. The molecule has 0 aliphatic carbocycles. The van der Waals surface area contributed by atoms with E-state index in [9.17, 15) is 4.79 Å². The molecule has 1 aliphatic rings. The molecule has 140 valence electrons. The number of hydrogen-bond acceptors (Lipinski definition) is 3. The Morgan fingerprint density at radius 2 is 2.25 bits per heavy atom. The van der Waals surface area contributed by atoms with E-state index < -0.39 is 0 Å². The molecule has 0 bridgehead atoms. The van der Waals surface area contributed by atoms with Crippen molar-refractivity contribution in [2.45, 2.75) is 52.5 Å². The van der Waals surface area contributed by atoms with Crippen LogP contribution in [0.4, 0.5) is 0 Å². The zero-order valence-electron chi connectivity index (χ0n) is 14.8. The van der Waals surface area contributed by atoms with Crippen LogP contribution in [-0.2, 0) is 11.3 Å². The highest BCUT2D eigenvalue weighted by molar-refractivity contribution is 5.85. The number of unbranched alkanes of at least 4 members (excludes halogenated alkanes) is 1. The summed E-state index contributed by atoms with van der Waals surface area (Å²) in [6, 6.07) is 0. The zero-order valence-corrected chi connectivity index (χ0v) is 16.4. The van der Waals surface area contributed by atoms with E-state index in [4.69, 9.17) is 0 Å². The van der Waals surface area contributed by atoms with Crippen LogP contribution in [-0.4, -0.2) is 35.1 Å². The third-order valence-electron chi connectivity index (χ3n) is 4.72. The van der Waals surface area contributed by atoms with Crippen LogP contribution in [0.3, 0.4) is 0 Å². The van der Waals surface area contributed by atoms with Crippen LogP contribution in [0.2, 0.25) is 0 Å². The van der Waals surface area contributed by atoms with Crippen molar-refractivity contribution in [3.63, 3.8) is 0 Å². The van der Waals surface area contributed by atoms with E-state index in [1.807, 2.05) is 19.3 Å². The first-order valence-electron chi connectivity index (χ1n) is 8.62. The minimum atomic E-state index is 0. The van der Waals surface area contributed by atoms with Gasteiger partial charge in [0, 0.05) is 31.9 Å². The number of nitrogens with one attached hydrogen (secondary N) is 2. The molecule has 0 aromatic carbocycles. The van der Waals surface area contributed by atoms with Crippen LogP contribution in [0.15, 0.2) is 12.4 Å². The van der Waals surface area contributed by atoms with E-state index in [2.05, 4.69) is 27.1 Å². The summed E-state index contributed by atoms with van der Waals surface area (Å²) in [6.07, 6.45) is 9.08. The number of imidazole rings is 1. The molecule has 1 saturated heterocycles. The molecule has 0 spiro atoms. The number of halogens is 2. The van der Waals surface area contributed by atoms with Crippen LogP contribution in [0.25, 0.3) is 0 Å². The molecule has 2 unspecified atom stereocenters. The van der Waals surface area contributed by atoms with Crippen LogP contribution in [0.1, 0.15) is 44.9 Å². The van der Waals surface area contributed by atoms with Gasteiger partial charge >= 0.3 is 0 Å². The van der Waals surface area contributed by atoms with Gasteiger partial charge in [-0.2, -0.15) is 0 Å². The number of aromatic nitrogens is 2. The Kier molecular flexibility index (Phi) is 12.2. The van der Waals surface area contributed by atoms with Gasteiger partial charge < -0.3 is 15.2 Å². The van der Waals surface area contributed by atoms with Gasteiger partial charge in [0.05, 0.1) is 0 Å². The molecule has 1 amide bonds. The van der Waals surface area contributed by atoms with Gasteiger partial charge in [-0.25, -0.2) is 4.98 Å². The first kappa shape index (κ1) is 23.2. The summed E-state index contributed by atoms with van der Waals surface area (Å²) in [5, 5.41) is 6.49. The summed E-state index contributed by atoms with van der Waals surface area (Å²) < 4.78 is 2.15. The van der Waals surface area contributed by atoms with E-state index in [0.29, 0.717) is 18.3 Å². The molecular weight excluding hydrogens is 347 g/mol. The van der Waals surface area contributed by atoms with E-state index in [1.54, 1.807) is 0 Å². The van der Waals surface area contributed by atoms with Crippen molar-refractivity contribution in [2.75, 3.05) is 19.6 Å². The molecule has 0 radical (unpaired) electrons.